The van der Waals surface area contributed by atoms with Crippen LogP contribution in [0.25, 0.3) is 11.1 Å². The molecule has 2 aliphatic rings. The molecule has 1 fully saturated rings. The van der Waals surface area contributed by atoms with Crippen LogP contribution >= 0.6 is 0 Å². The summed E-state index contributed by atoms with van der Waals surface area (Å²) in [5.74, 6) is -1.24. The van der Waals surface area contributed by atoms with E-state index < -0.39 is 45.1 Å². The second-order valence-corrected chi connectivity index (χ2v) is 13.2. The summed E-state index contributed by atoms with van der Waals surface area (Å²) in [6.07, 6.45) is -0.147. The van der Waals surface area contributed by atoms with E-state index in [-0.39, 0.29) is 32.5 Å². The standard InChI is InChI=1S/C28H36N4O7S/c1-27(2,3)39-26(35)31-28(11-13-38-14-12-28)25(34)30-22(24(29)33)15-18-5-7-19(8-6-18)20-9-10-23-21(16-20)17-32(4)40(23,36)37/h5-10,16,22H,11-15,17H2,1-4H3,(H2,29,33)(H,30,34)(H,31,35). The lowest BCUT2D eigenvalue weighted by atomic mass is 9.88. The van der Waals surface area contributed by atoms with E-state index in [9.17, 15) is 22.8 Å². The molecule has 4 N–H and O–H groups in total. The molecule has 2 aliphatic heterocycles. The zero-order valence-electron chi connectivity index (χ0n) is 23.2. The van der Waals surface area contributed by atoms with E-state index in [1.807, 2.05) is 30.3 Å². The highest BCUT2D eigenvalue weighted by Crippen LogP contribution is 2.32. The Labute approximate surface area is 234 Å². The first-order chi connectivity index (χ1) is 18.7. The Morgan fingerprint density at radius 2 is 1.70 bits per heavy atom. The van der Waals surface area contributed by atoms with E-state index in [1.54, 1.807) is 40.0 Å². The molecule has 1 atom stereocenters. The molecule has 11 nitrogen and oxygen atoms in total. The van der Waals surface area contributed by atoms with Crippen LogP contribution in [0.5, 0.6) is 0 Å². The molecule has 3 amide bonds. The maximum Gasteiger partial charge on any atom is 0.408 e. The number of fused-ring (bicyclic) bond motifs is 1. The predicted octanol–water partition coefficient (Wildman–Crippen LogP) is 2.07. The number of ether oxygens (including phenoxy) is 2. The number of sulfonamides is 1. The second-order valence-electron chi connectivity index (χ2n) is 11.2. The van der Waals surface area contributed by atoms with Gasteiger partial charge in [-0.2, -0.15) is 4.31 Å². The second kappa shape index (κ2) is 11.2. The molecule has 2 heterocycles. The van der Waals surface area contributed by atoms with Crippen molar-refractivity contribution in [2.45, 2.75) is 68.7 Å². The largest absolute Gasteiger partial charge is 0.444 e. The van der Waals surface area contributed by atoms with Gasteiger partial charge in [-0.25, -0.2) is 13.2 Å². The number of primary amides is 1. The van der Waals surface area contributed by atoms with Crippen LogP contribution in [0.15, 0.2) is 47.4 Å². The van der Waals surface area contributed by atoms with Crippen molar-refractivity contribution >= 4 is 27.9 Å². The van der Waals surface area contributed by atoms with E-state index in [2.05, 4.69) is 10.6 Å². The van der Waals surface area contributed by atoms with Crippen LogP contribution in [-0.2, 0) is 42.1 Å². The van der Waals surface area contributed by atoms with E-state index in [0.29, 0.717) is 11.4 Å². The lowest BCUT2D eigenvalue weighted by Crippen LogP contribution is -2.64. The van der Waals surface area contributed by atoms with E-state index >= 15 is 0 Å². The number of amides is 3. The topological polar surface area (TPSA) is 157 Å². The molecule has 0 aromatic heterocycles. The number of carbonyl (C=O) groups excluding carboxylic acids is 3. The van der Waals surface area contributed by atoms with Gasteiger partial charge in [-0.3, -0.25) is 9.59 Å². The van der Waals surface area contributed by atoms with Gasteiger partial charge in [0.25, 0.3) is 0 Å². The molecule has 0 spiro atoms. The minimum atomic E-state index is -3.43. The normalized spacial score (nSPS) is 18.8. The van der Waals surface area contributed by atoms with Crippen LogP contribution in [0.3, 0.4) is 0 Å². The number of rotatable bonds is 7. The van der Waals surface area contributed by atoms with Crippen molar-refractivity contribution in [1.29, 1.82) is 0 Å². The third-order valence-electron chi connectivity index (χ3n) is 7.04. The summed E-state index contributed by atoms with van der Waals surface area (Å²) < 4.78 is 36.8. The van der Waals surface area contributed by atoms with E-state index in [0.717, 1.165) is 22.3 Å². The maximum absolute atomic E-state index is 13.4. The molecule has 40 heavy (non-hydrogen) atoms. The lowest BCUT2D eigenvalue weighted by Gasteiger charge is -2.37. The Hall–Kier alpha value is -3.48. The van der Waals surface area contributed by atoms with E-state index in [1.165, 1.54) is 4.31 Å². The molecule has 2 aromatic carbocycles. The number of alkyl carbamates (subject to hydrolysis) is 1. The fraction of sp³-hybridized carbons (Fsp3) is 0.464. The number of benzene rings is 2. The predicted molar refractivity (Wildman–Crippen MR) is 148 cm³/mol. The number of nitrogens with zero attached hydrogens (tertiary/aromatic N) is 1. The highest BCUT2D eigenvalue weighted by atomic mass is 32.2. The third-order valence-corrected chi connectivity index (χ3v) is 8.94. The number of hydrogen-bond donors (Lipinski definition) is 3. The smallest absolute Gasteiger partial charge is 0.408 e. The van der Waals surface area contributed by atoms with Crippen molar-refractivity contribution in [2.75, 3.05) is 20.3 Å². The SMILES string of the molecule is CN1Cc2cc(-c3ccc(CC(NC(=O)C4(NC(=O)OC(C)(C)C)CCOCC4)C(N)=O)cc3)ccc2S1(=O)=O. The molecule has 0 aliphatic carbocycles. The first-order valence-electron chi connectivity index (χ1n) is 13.1. The Kier molecular flexibility index (Phi) is 8.25. The highest BCUT2D eigenvalue weighted by Gasteiger charge is 2.43. The highest BCUT2D eigenvalue weighted by molar-refractivity contribution is 7.89. The average molecular weight is 573 g/mol. The van der Waals surface area contributed by atoms with Gasteiger partial charge >= 0.3 is 6.09 Å². The molecule has 2 aromatic rings. The lowest BCUT2D eigenvalue weighted by molar-refractivity contribution is -0.135. The molecule has 1 unspecified atom stereocenters. The van der Waals surface area contributed by atoms with Crippen LogP contribution < -0.4 is 16.4 Å². The van der Waals surface area contributed by atoms with Crippen LogP contribution in [0.2, 0.25) is 0 Å². The molecule has 4 rings (SSSR count). The molecule has 0 saturated carbocycles. The van der Waals surface area contributed by atoms with Gasteiger partial charge in [0.15, 0.2) is 0 Å². The van der Waals surface area contributed by atoms with Crippen molar-refractivity contribution in [3.8, 4) is 11.1 Å². The molecule has 0 radical (unpaired) electrons. The Bertz CT molecular complexity index is 1390. The summed E-state index contributed by atoms with van der Waals surface area (Å²) in [5, 5.41) is 5.43. The zero-order chi connectivity index (χ0) is 29.3. The van der Waals surface area contributed by atoms with Gasteiger partial charge in [0.2, 0.25) is 21.8 Å². The molecule has 1 saturated heterocycles. The van der Waals surface area contributed by atoms with Crippen molar-refractivity contribution in [1.82, 2.24) is 14.9 Å². The molecular weight excluding hydrogens is 536 g/mol. The molecule has 0 bridgehead atoms. The maximum atomic E-state index is 13.4. The number of carbonyl (C=O) groups is 3. The Morgan fingerprint density at radius 1 is 1.07 bits per heavy atom. The van der Waals surface area contributed by atoms with Crippen LogP contribution in [0.1, 0.15) is 44.7 Å². The quantitative estimate of drug-likeness (QED) is 0.458. The van der Waals surface area contributed by atoms with Gasteiger partial charge in [0.1, 0.15) is 17.2 Å². The summed E-state index contributed by atoms with van der Waals surface area (Å²) in [4.78, 5) is 38.6. The van der Waals surface area contributed by atoms with Crippen LogP contribution in [-0.4, -0.2) is 68.1 Å². The summed E-state index contributed by atoms with van der Waals surface area (Å²) in [7, 11) is -1.88. The molecule has 12 heteroatoms. The average Bonchev–Trinajstić information content (AvgIpc) is 3.10. The summed E-state index contributed by atoms with van der Waals surface area (Å²) >= 11 is 0. The summed E-state index contributed by atoms with van der Waals surface area (Å²) in [6, 6.07) is 11.6. The first kappa shape index (κ1) is 29.5. The Morgan fingerprint density at radius 3 is 2.30 bits per heavy atom. The van der Waals surface area contributed by atoms with Crippen LogP contribution in [0, 0.1) is 0 Å². The van der Waals surface area contributed by atoms with Gasteiger partial charge in [0, 0.05) is 46.1 Å². The number of nitrogens with two attached hydrogens (primary N) is 1. The monoisotopic (exact) mass is 572 g/mol. The van der Waals surface area contributed by atoms with Crippen molar-refractivity contribution in [2.24, 2.45) is 5.73 Å². The Balaban J connectivity index is 1.47. The van der Waals surface area contributed by atoms with Gasteiger partial charge in [-0.05, 0) is 55.2 Å². The fourth-order valence-electron chi connectivity index (χ4n) is 4.84. The van der Waals surface area contributed by atoms with Gasteiger partial charge in [-0.15, -0.1) is 0 Å². The summed E-state index contributed by atoms with van der Waals surface area (Å²) in [6.45, 7) is 6.02. The van der Waals surface area contributed by atoms with Crippen molar-refractivity contribution < 1.29 is 32.3 Å². The molecule has 216 valence electrons. The third kappa shape index (κ3) is 6.45. The van der Waals surface area contributed by atoms with E-state index in [4.69, 9.17) is 15.2 Å². The summed E-state index contributed by atoms with van der Waals surface area (Å²) in [5.41, 5.74) is 6.85. The fourth-order valence-corrected chi connectivity index (χ4v) is 6.18. The van der Waals surface area contributed by atoms with Crippen LogP contribution in [0.4, 0.5) is 4.79 Å². The molecular formula is C28H36N4O7S. The van der Waals surface area contributed by atoms with Gasteiger partial charge < -0.3 is 25.8 Å². The number of nitrogens with one attached hydrogen (secondary N) is 2. The first-order valence-corrected chi connectivity index (χ1v) is 14.5. The minimum absolute atomic E-state index is 0.146. The van der Waals surface area contributed by atoms with Crippen molar-refractivity contribution in [3.63, 3.8) is 0 Å². The zero-order valence-corrected chi connectivity index (χ0v) is 24.0. The van der Waals surface area contributed by atoms with Gasteiger partial charge in [0.05, 0.1) is 4.90 Å². The minimum Gasteiger partial charge on any atom is -0.444 e. The van der Waals surface area contributed by atoms with Gasteiger partial charge in [-0.1, -0.05) is 30.3 Å². The van der Waals surface area contributed by atoms with Crippen molar-refractivity contribution in [3.05, 3.63) is 53.6 Å². The number of hydrogen-bond acceptors (Lipinski definition) is 7.